The van der Waals surface area contributed by atoms with Crippen LogP contribution in [0.3, 0.4) is 0 Å². The zero-order valence-electron chi connectivity index (χ0n) is 19.2. The lowest BCUT2D eigenvalue weighted by atomic mass is 9.93. The molecule has 0 radical (unpaired) electrons. The number of anilines is 2. The first kappa shape index (κ1) is 26.2. The van der Waals surface area contributed by atoms with Gasteiger partial charge in [0.2, 0.25) is 0 Å². The maximum atomic E-state index is 12.5. The molecule has 15 heteroatoms. The van der Waals surface area contributed by atoms with Gasteiger partial charge in [-0.25, -0.2) is 9.97 Å². The molecule has 0 aromatic carbocycles. The van der Waals surface area contributed by atoms with Crippen LogP contribution in [0.5, 0.6) is 0 Å². The molecule has 11 N–H and O–H groups in total. The molecular weight excluding hydrogens is 612 g/mol. The van der Waals surface area contributed by atoms with Crippen molar-refractivity contribution in [3.63, 3.8) is 0 Å². The van der Waals surface area contributed by atoms with Gasteiger partial charge in [-0.2, -0.15) is 0 Å². The van der Waals surface area contributed by atoms with Crippen molar-refractivity contribution in [3.8, 4) is 0 Å². The van der Waals surface area contributed by atoms with Crippen LogP contribution < -0.4 is 22.1 Å². The van der Waals surface area contributed by atoms with Crippen LogP contribution in [-0.4, -0.2) is 66.0 Å². The van der Waals surface area contributed by atoms with Crippen LogP contribution >= 0.6 is 31.9 Å². The Balaban J connectivity index is 1.50. The van der Waals surface area contributed by atoms with Crippen LogP contribution in [0.1, 0.15) is 44.0 Å². The van der Waals surface area contributed by atoms with Crippen molar-refractivity contribution in [2.24, 2.45) is 0 Å². The summed E-state index contributed by atoms with van der Waals surface area (Å²) >= 11 is 6.57. The van der Waals surface area contributed by atoms with Gasteiger partial charge in [-0.05, 0) is 50.1 Å². The second-order valence-electron chi connectivity index (χ2n) is 7.98. The number of nitrogens with two attached hydrogens (primary N) is 2. The average molecular weight is 636 g/mol. The van der Waals surface area contributed by atoms with Gasteiger partial charge in [0.25, 0.3) is 11.8 Å². The molecule has 194 valence electrons. The molecule has 0 saturated carbocycles. The third-order valence-corrected chi connectivity index (χ3v) is 6.25. The highest BCUT2D eigenvalue weighted by Crippen LogP contribution is 2.30. The molecule has 4 aromatic heterocycles. The molecule has 0 saturated heterocycles. The van der Waals surface area contributed by atoms with Crippen molar-refractivity contribution >= 4 is 61.6 Å². The van der Waals surface area contributed by atoms with Crippen LogP contribution in [-0.2, 0) is 0 Å². The number of imidazole rings is 2. The predicted octanol–water partition coefficient (Wildman–Crippen LogP) is 1.84. The number of H-pyrrole nitrogens is 4. The summed E-state index contributed by atoms with van der Waals surface area (Å²) in [4.78, 5) is 44.6. The van der Waals surface area contributed by atoms with Crippen molar-refractivity contribution in [1.82, 2.24) is 40.5 Å². The Bertz CT molecular complexity index is 1420. The molecule has 0 aliphatic rings. The van der Waals surface area contributed by atoms with Crippen LogP contribution in [0.25, 0.3) is 6.08 Å². The first-order chi connectivity index (χ1) is 17.7. The fraction of sp³-hybridized carbons (Fsp3) is 0.182. The van der Waals surface area contributed by atoms with Crippen molar-refractivity contribution in [2.75, 3.05) is 24.6 Å². The molecule has 0 aliphatic heterocycles. The van der Waals surface area contributed by atoms with Gasteiger partial charge in [0.15, 0.2) is 11.9 Å². The van der Waals surface area contributed by atoms with E-state index in [-0.39, 0.29) is 36.8 Å². The third-order valence-electron chi connectivity index (χ3n) is 5.34. The molecule has 2 atom stereocenters. The summed E-state index contributed by atoms with van der Waals surface area (Å²) in [7, 11) is 0. The Kier molecular flexibility index (Phi) is 8.15. The number of nitrogens with zero attached hydrogens (tertiary/aromatic N) is 2. The van der Waals surface area contributed by atoms with Crippen molar-refractivity contribution in [2.45, 2.75) is 12.0 Å². The number of carbonyl (C=O) groups is 2. The maximum absolute atomic E-state index is 12.5. The minimum absolute atomic E-state index is 0.0943. The smallest absolute Gasteiger partial charge is 0.267 e. The van der Waals surface area contributed by atoms with Gasteiger partial charge in [0.1, 0.15) is 11.4 Å². The fourth-order valence-corrected chi connectivity index (χ4v) is 4.36. The largest absolute Gasteiger partial charge is 0.390 e. The molecule has 0 aliphatic carbocycles. The molecule has 0 spiro atoms. The van der Waals surface area contributed by atoms with E-state index >= 15 is 0 Å². The lowest BCUT2D eigenvalue weighted by molar-refractivity contribution is 0.0898. The molecule has 0 fully saturated rings. The average Bonchev–Trinajstić information content (AvgIpc) is 3.65. The molecule has 37 heavy (non-hydrogen) atoms. The van der Waals surface area contributed by atoms with E-state index in [1.807, 2.05) is 0 Å². The second-order valence-corrected chi connectivity index (χ2v) is 9.81. The van der Waals surface area contributed by atoms with E-state index in [2.05, 4.69) is 72.4 Å². The van der Waals surface area contributed by atoms with Crippen molar-refractivity contribution in [3.05, 3.63) is 74.2 Å². The van der Waals surface area contributed by atoms with Gasteiger partial charge in [-0.1, -0.05) is 6.08 Å². The molecule has 2 unspecified atom stereocenters. The summed E-state index contributed by atoms with van der Waals surface area (Å²) in [5.41, 5.74) is 13.9. The number of aliphatic hydroxyl groups excluding tert-OH is 1. The Hall–Kier alpha value is -3.82. The molecule has 13 nitrogen and oxygen atoms in total. The zero-order chi connectivity index (χ0) is 26.5. The number of hydrogen-bond donors (Lipinski definition) is 9. The number of nitrogen functional groups attached to an aromatic ring is 2. The number of halogens is 2. The van der Waals surface area contributed by atoms with E-state index in [0.717, 1.165) is 8.95 Å². The number of rotatable bonds is 10. The van der Waals surface area contributed by atoms with Gasteiger partial charge in [0.05, 0.1) is 29.6 Å². The Morgan fingerprint density at radius 1 is 1.03 bits per heavy atom. The number of nitrogens with one attached hydrogen (secondary N) is 6. The Labute approximate surface area is 227 Å². The van der Waals surface area contributed by atoms with Crippen LogP contribution in [0.4, 0.5) is 11.9 Å². The standard InChI is InChI=1S/C22H24Br2N10O3/c23-10-4-13(28-6-10)19(36)27-3-1-2-12-18(34-22(26)32-12)17(15-8-31-21(25)33-15)16(35)9-30-20(37)14-5-11(24)7-29-14/h1-2,4-8,16-17,28-29,35H,3,9H2,(H,27,36)(H,30,37)(H3,25,31,33)(H3,26,32,34). The van der Waals surface area contributed by atoms with E-state index in [1.165, 1.54) is 6.20 Å². The maximum Gasteiger partial charge on any atom is 0.267 e. The number of hydrogen-bond acceptors (Lipinski definition) is 7. The summed E-state index contributed by atoms with van der Waals surface area (Å²) in [5.74, 6) is -1.11. The predicted molar refractivity (Wildman–Crippen MR) is 145 cm³/mol. The molecular formula is C22H24Br2N10O3. The minimum Gasteiger partial charge on any atom is -0.390 e. The zero-order valence-corrected chi connectivity index (χ0v) is 22.4. The molecule has 4 rings (SSSR count). The van der Waals surface area contributed by atoms with Gasteiger partial charge in [-0.3, -0.25) is 9.59 Å². The van der Waals surface area contributed by atoms with Gasteiger partial charge in [-0.15, -0.1) is 0 Å². The van der Waals surface area contributed by atoms with Crippen molar-refractivity contribution in [1.29, 1.82) is 0 Å². The fourth-order valence-electron chi connectivity index (χ4n) is 3.67. The van der Waals surface area contributed by atoms with Crippen LogP contribution in [0, 0.1) is 0 Å². The van der Waals surface area contributed by atoms with Gasteiger partial charge < -0.3 is 47.1 Å². The van der Waals surface area contributed by atoms with Crippen LogP contribution in [0.15, 0.2) is 45.7 Å². The number of aliphatic hydroxyl groups is 1. The summed E-state index contributed by atoms with van der Waals surface area (Å²) in [6, 6.07) is 3.29. The highest BCUT2D eigenvalue weighted by Gasteiger charge is 2.30. The molecule has 0 bridgehead atoms. The summed E-state index contributed by atoms with van der Waals surface area (Å²) in [6.45, 7) is 0.122. The van der Waals surface area contributed by atoms with Crippen molar-refractivity contribution < 1.29 is 14.7 Å². The highest BCUT2D eigenvalue weighted by atomic mass is 79.9. The third kappa shape index (κ3) is 6.49. The van der Waals surface area contributed by atoms with E-state index in [9.17, 15) is 14.7 Å². The number of aromatic nitrogens is 6. The Morgan fingerprint density at radius 2 is 1.68 bits per heavy atom. The van der Waals surface area contributed by atoms with Crippen LogP contribution in [0.2, 0.25) is 0 Å². The number of amides is 2. The first-order valence-corrected chi connectivity index (χ1v) is 12.5. The SMILES string of the molecule is Nc1ncc(C(c2[nH]c(N)nc2C=CCNC(=O)c2cc(Br)c[nH]2)C(O)CNC(=O)c2cc(Br)c[nH]2)[nH]1. The topological polar surface area (TPSA) is 219 Å². The lowest BCUT2D eigenvalue weighted by Crippen LogP contribution is -2.36. The summed E-state index contributed by atoms with van der Waals surface area (Å²) < 4.78 is 1.50. The normalized spacial score (nSPS) is 13.1. The minimum atomic E-state index is -1.11. The van der Waals surface area contributed by atoms with E-state index in [1.54, 1.807) is 36.7 Å². The molecule has 4 heterocycles. The number of aromatic amines is 4. The second kappa shape index (κ2) is 11.5. The van der Waals surface area contributed by atoms with E-state index in [0.29, 0.717) is 28.5 Å². The molecule has 2 amide bonds. The number of carbonyl (C=O) groups excluding carboxylic acids is 2. The van der Waals surface area contributed by atoms with E-state index < -0.39 is 12.0 Å². The summed E-state index contributed by atoms with van der Waals surface area (Å²) in [6.07, 6.45) is 7.04. The monoisotopic (exact) mass is 634 g/mol. The quantitative estimate of drug-likeness (QED) is 0.126. The first-order valence-electron chi connectivity index (χ1n) is 11.0. The summed E-state index contributed by atoms with van der Waals surface area (Å²) in [5, 5.41) is 16.6. The van der Waals surface area contributed by atoms with E-state index in [4.69, 9.17) is 11.5 Å². The Morgan fingerprint density at radius 3 is 2.24 bits per heavy atom. The van der Waals surface area contributed by atoms with Gasteiger partial charge >= 0.3 is 0 Å². The van der Waals surface area contributed by atoms with Gasteiger partial charge in [0, 0.05) is 40.1 Å². The highest BCUT2D eigenvalue weighted by molar-refractivity contribution is 9.10. The molecule has 4 aromatic rings. The lowest BCUT2D eigenvalue weighted by Gasteiger charge is -2.22.